The Bertz CT molecular complexity index is 408. The summed E-state index contributed by atoms with van der Waals surface area (Å²) in [7, 11) is 1.76. The van der Waals surface area contributed by atoms with E-state index in [1.54, 1.807) is 7.11 Å². The minimum Gasteiger partial charge on any atom is -0.496 e. The summed E-state index contributed by atoms with van der Waals surface area (Å²) in [4.78, 5) is 0. The zero-order valence-electron chi connectivity index (χ0n) is 14.2. The van der Waals surface area contributed by atoms with Crippen LogP contribution in [0, 0.1) is 12.8 Å². The van der Waals surface area contributed by atoms with E-state index in [4.69, 9.17) is 4.74 Å². The fraction of sp³-hybridized carbons (Fsp3) is 0.667. The van der Waals surface area contributed by atoms with Crippen molar-refractivity contribution in [2.45, 2.75) is 46.6 Å². The first-order chi connectivity index (χ1) is 10.1. The van der Waals surface area contributed by atoms with Crippen molar-refractivity contribution in [3.63, 3.8) is 0 Å². The van der Waals surface area contributed by atoms with Gasteiger partial charge in [0.1, 0.15) is 5.75 Å². The zero-order chi connectivity index (χ0) is 15.7. The topological polar surface area (TPSA) is 21.3 Å². The molecule has 2 unspecified atom stereocenters. The Labute approximate surface area is 135 Å². The summed E-state index contributed by atoms with van der Waals surface area (Å²) in [5.41, 5.74) is 2.59. The van der Waals surface area contributed by atoms with Crippen molar-refractivity contribution in [3.05, 3.63) is 29.3 Å². The maximum Gasteiger partial charge on any atom is 0.123 e. The molecule has 21 heavy (non-hydrogen) atoms. The van der Waals surface area contributed by atoms with Crippen LogP contribution in [0.3, 0.4) is 0 Å². The molecule has 1 N–H and O–H groups in total. The highest BCUT2D eigenvalue weighted by atomic mass is 32.2. The molecule has 1 aromatic carbocycles. The first-order valence-corrected chi connectivity index (χ1v) is 9.23. The third kappa shape index (κ3) is 6.31. The lowest BCUT2D eigenvalue weighted by Gasteiger charge is -2.22. The molecular formula is C18H31NOS. The number of nitrogens with one attached hydrogen (secondary N) is 1. The van der Waals surface area contributed by atoms with E-state index in [1.165, 1.54) is 23.3 Å². The number of aryl methyl sites for hydroxylation is 1. The first-order valence-electron chi connectivity index (χ1n) is 8.07. The van der Waals surface area contributed by atoms with Crippen molar-refractivity contribution < 1.29 is 4.74 Å². The van der Waals surface area contributed by atoms with Crippen molar-refractivity contribution in [2.75, 3.05) is 25.2 Å². The Morgan fingerprint density at radius 3 is 2.62 bits per heavy atom. The van der Waals surface area contributed by atoms with Crippen LogP contribution in [0.5, 0.6) is 5.75 Å². The number of rotatable bonds is 10. The van der Waals surface area contributed by atoms with Crippen LogP contribution in [-0.2, 0) is 0 Å². The fourth-order valence-corrected chi connectivity index (χ4v) is 3.52. The van der Waals surface area contributed by atoms with Crippen LogP contribution in [0.15, 0.2) is 18.2 Å². The average Bonchev–Trinajstić information content (AvgIpc) is 2.50. The highest BCUT2D eigenvalue weighted by molar-refractivity contribution is 7.99. The second kappa shape index (κ2) is 10.1. The third-order valence-electron chi connectivity index (χ3n) is 3.79. The lowest BCUT2D eigenvalue weighted by Crippen LogP contribution is -2.25. The van der Waals surface area contributed by atoms with Gasteiger partial charge in [0.25, 0.3) is 0 Å². The maximum absolute atomic E-state index is 5.56. The molecule has 3 heteroatoms. The predicted molar refractivity (Wildman–Crippen MR) is 95.5 cm³/mol. The minimum absolute atomic E-state index is 0.369. The molecule has 0 aromatic heterocycles. The molecule has 0 aliphatic rings. The number of hydrogen-bond acceptors (Lipinski definition) is 3. The van der Waals surface area contributed by atoms with E-state index in [0.29, 0.717) is 6.04 Å². The summed E-state index contributed by atoms with van der Waals surface area (Å²) in [5.74, 6) is 4.12. The van der Waals surface area contributed by atoms with Gasteiger partial charge >= 0.3 is 0 Å². The van der Waals surface area contributed by atoms with Gasteiger partial charge in [-0.05, 0) is 37.6 Å². The molecule has 120 valence electrons. The lowest BCUT2D eigenvalue weighted by atomic mass is 10.0. The van der Waals surface area contributed by atoms with E-state index >= 15 is 0 Å². The summed E-state index contributed by atoms with van der Waals surface area (Å²) in [6.45, 7) is 10.00. The lowest BCUT2D eigenvalue weighted by molar-refractivity contribution is 0.402. The quantitative estimate of drug-likeness (QED) is 0.669. The molecule has 0 radical (unpaired) electrons. The molecule has 0 heterocycles. The molecular weight excluding hydrogens is 278 g/mol. The molecule has 0 saturated carbocycles. The van der Waals surface area contributed by atoms with Gasteiger partial charge in [-0.1, -0.05) is 44.9 Å². The van der Waals surface area contributed by atoms with Crippen molar-refractivity contribution in [1.29, 1.82) is 0 Å². The highest BCUT2D eigenvalue weighted by Crippen LogP contribution is 2.29. The minimum atomic E-state index is 0.369. The van der Waals surface area contributed by atoms with Crippen LogP contribution in [0.1, 0.15) is 50.8 Å². The van der Waals surface area contributed by atoms with Crippen LogP contribution in [-0.4, -0.2) is 25.2 Å². The van der Waals surface area contributed by atoms with Gasteiger partial charge in [0.2, 0.25) is 0 Å². The Hall–Kier alpha value is -0.670. The highest BCUT2D eigenvalue weighted by Gasteiger charge is 2.16. The predicted octanol–water partition coefficient (Wildman–Crippen LogP) is 4.82. The van der Waals surface area contributed by atoms with Gasteiger partial charge in [0, 0.05) is 17.4 Å². The second-order valence-corrected chi connectivity index (χ2v) is 6.88. The standard InChI is InChI=1S/C18H31NOS/c1-6-10-19-17(13-21-12-14(3)7-2)16-11-15(4)8-9-18(16)20-5/h8-9,11,14,17,19H,6-7,10,12-13H2,1-5H3. The summed E-state index contributed by atoms with van der Waals surface area (Å²) in [6, 6.07) is 6.83. The van der Waals surface area contributed by atoms with E-state index in [0.717, 1.165) is 30.4 Å². The fourth-order valence-electron chi connectivity index (χ4n) is 2.21. The summed E-state index contributed by atoms with van der Waals surface area (Å²) < 4.78 is 5.56. The van der Waals surface area contributed by atoms with Gasteiger partial charge < -0.3 is 10.1 Å². The Balaban J connectivity index is 2.78. The smallest absolute Gasteiger partial charge is 0.123 e. The first kappa shape index (κ1) is 18.4. The Morgan fingerprint density at radius 1 is 1.24 bits per heavy atom. The molecule has 1 rings (SSSR count). The number of benzene rings is 1. The van der Waals surface area contributed by atoms with Gasteiger partial charge in [-0.2, -0.15) is 11.8 Å². The van der Waals surface area contributed by atoms with Crippen LogP contribution < -0.4 is 10.1 Å². The monoisotopic (exact) mass is 309 g/mol. The van der Waals surface area contributed by atoms with Crippen LogP contribution in [0.2, 0.25) is 0 Å². The van der Waals surface area contributed by atoms with Gasteiger partial charge in [-0.15, -0.1) is 0 Å². The largest absolute Gasteiger partial charge is 0.496 e. The molecule has 0 amide bonds. The van der Waals surface area contributed by atoms with E-state index in [9.17, 15) is 0 Å². The van der Waals surface area contributed by atoms with Crippen molar-refractivity contribution in [3.8, 4) is 5.75 Å². The number of ether oxygens (including phenoxy) is 1. The average molecular weight is 310 g/mol. The Kier molecular flexibility index (Phi) is 8.86. The molecule has 0 aliphatic heterocycles. The van der Waals surface area contributed by atoms with Crippen molar-refractivity contribution >= 4 is 11.8 Å². The van der Waals surface area contributed by atoms with Crippen LogP contribution >= 0.6 is 11.8 Å². The summed E-state index contributed by atoms with van der Waals surface area (Å²) in [6.07, 6.45) is 2.41. The van der Waals surface area contributed by atoms with Crippen LogP contribution in [0.25, 0.3) is 0 Å². The summed E-state index contributed by atoms with van der Waals surface area (Å²) >= 11 is 2.05. The van der Waals surface area contributed by atoms with Gasteiger partial charge in [0.05, 0.1) is 7.11 Å². The van der Waals surface area contributed by atoms with E-state index in [1.807, 2.05) is 11.8 Å². The van der Waals surface area contributed by atoms with Gasteiger partial charge in [-0.25, -0.2) is 0 Å². The SMILES string of the molecule is CCCNC(CSCC(C)CC)c1cc(C)ccc1OC. The third-order valence-corrected chi connectivity index (χ3v) is 5.16. The van der Waals surface area contributed by atoms with Crippen molar-refractivity contribution in [2.24, 2.45) is 5.92 Å². The van der Waals surface area contributed by atoms with E-state index in [-0.39, 0.29) is 0 Å². The molecule has 2 atom stereocenters. The molecule has 0 fully saturated rings. The molecule has 0 bridgehead atoms. The van der Waals surface area contributed by atoms with Crippen LogP contribution in [0.4, 0.5) is 0 Å². The molecule has 0 aliphatic carbocycles. The molecule has 1 aromatic rings. The summed E-state index contributed by atoms with van der Waals surface area (Å²) in [5, 5.41) is 3.68. The number of thioether (sulfide) groups is 1. The molecule has 0 spiro atoms. The van der Waals surface area contributed by atoms with Gasteiger partial charge in [0.15, 0.2) is 0 Å². The Morgan fingerprint density at radius 2 is 2.00 bits per heavy atom. The second-order valence-electron chi connectivity index (χ2n) is 5.80. The van der Waals surface area contributed by atoms with Crippen molar-refractivity contribution in [1.82, 2.24) is 5.32 Å². The maximum atomic E-state index is 5.56. The normalized spacial score (nSPS) is 14.0. The van der Waals surface area contributed by atoms with Gasteiger partial charge in [-0.3, -0.25) is 0 Å². The number of hydrogen-bond donors (Lipinski definition) is 1. The number of methoxy groups -OCH3 is 1. The van der Waals surface area contributed by atoms with E-state index in [2.05, 4.69) is 51.2 Å². The molecule has 0 saturated heterocycles. The molecule has 2 nitrogen and oxygen atoms in total. The zero-order valence-corrected chi connectivity index (χ0v) is 15.1. The van der Waals surface area contributed by atoms with E-state index < -0.39 is 0 Å².